The van der Waals surface area contributed by atoms with E-state index in [0.717, 1.165) is 80.3 Å². The third kappa shape index (κ3) is 28.5. The zero-order valence-electron chi connectivity index (χ0n) is 69.0. The minimum Gasteiger partial charge on any atom is -0.536 e. The molecule has 8 aromatic heterocycles. The largest absolute Gasteiger partial charge is 0.569 e. The van der Waals surface area contributed by atoms with Gasteiger partial charge in [0.05, 0.1) is 31.1 Å². The van der Waals surface area contributed by atoms with Gasteiger partial charge in [-0.15, -0.1) is 45.3 Å². The minimum atomic E-state index is -1.07. The number of rotatable bonds is 12. The van der Waals surface area contributed by atoms with Crippen molar-refractivity contribution in [1.29, 1.82) is 0 Å². The molecule has 1 radical (unpaired) electrons. The molecule has 0 spiro atoms. The summed E-state index contributed by atoms with van der Waals surface area (Å²) in [4.78, 5) is 55.5. The molecule has 1 aliphatic rings. The number of hydrogen-bond acceptors (Lipinski definition) is 18. The van der Waals surface area contributed by atoms with Crippen LogP contribution in [-0.4, -0.2) is 89.2 Å². The second kappa shape index (κ2) is 42.5. The Morgan fingerprint density at radius 3 is 1.24 bits per heavy atom. The molecule has 9 heterocycles. The predicted molar refractivity (Wildman–Crippen MR) is 508 cm³/mol. The van der Waals surface area contributed by atoms with E-state index in [1.54, 1.807) is 106 Å². The first-order valence-electron chi connectivity index (χ1n) is 37.4. The highest BCUT2D eigenvalue weighted by Crippen LogP contribution is 2.42. The van der Waals surface area contributed by atoms with Gasteiger partial charge in [0.2, 0.25) is 0 Å². The van der Waals surface area contributed by atoms with Crippen LogP contribution in [0.5, 0.6) is 17.2 Å². The first-order valence-corrected chi connectivity index (χ1v) is 44.4. The Morgan fingerprint density at radius 2 is 0.867 bits per heavy atom. The number of nitrogen functional groups attached to an aromatic ring is 1. The molecule has 13 aromatic rings. The van der Waals surface area contributed by atoms with E-state index >= 15 is 0 Å². The zero-order valence-corrected chi connectivity index (χ0v) is 79.3. The lowest BCUT2D eigenvalue weighted by Gasteiger charge is -2.32. The van der Waals surface area contributed by atoms with Crippen LogP contribution in [0.3, 0.4) is 0 Å². The fraction of sp³-hybridized carbons (Fsp3) is 0.242. The number of benzene rings is 5. The van der Waals surface area contributed by atoms with Gasteiger partial charge in [-0.1, -0.05) is 142 Å². The van der Waals surface area contributed by atoms with Gasteiger partial charge >= 0.3 is 26.7 Å². The number of phenolic OH excluding ortho intramolecular Hbond substituents is 2. The molecule has 0 unspecified atom stereocenters. The number of nitrogens with two attached hydrogens (primary N) is 1. The quantitative estimate of drug-likeness (QED) is 0.0443. The fourth-order valence-electron chi connectivity index (χ4n) is 10.8. The zero-order chi connectivity index (χ0) is 88.4. The summed E-state index contributed by atoms with van der Waals surface area (Å²) in [5.74, 6) is -1.83. The monoisotopic (exact) mass is 1940 g/mol. The van der Waals surface area contributed by atoms with Gasteiger partial charge in [0, 0.05) is 154 Å². The molecule has 1 fully saturated rings. The number of halogens is 6. The molecule has 17 nitrogen and oxygen atoms in total. The molecule has 0 atom stereocenters. The number of carbonyl (C=O) groups is 3. The van der Waals surface area contributed by atoms with E-state index in [-0.39, 0.29) is 79.3 Å². The van der Waals surface area contributed by atoms with Gasteiger partial charge in [0.15, 0.2) is 0 Å². The number of phenols is 2. The van der Waals surface area contributed by atoms with E-state index in [4.69, 9.17) is 70.2 Å². The van der Waals surface area contributed by atoms with Gasteiger partial charge in [0.1, 0.15) is 17.2 Å². The third-order valence-corrected chi connectivity index (χ3v) is 25.1. The molecule has 0 bridgehead atoms. The molecule has 0 saturated carbocycles. The van der Waals surface area contributed by atoms with Crippen molar-refractivity contribution in [3.05, 3.63) is 289 Å². The fourth-order valence-corrected chi connectivity index (χ4v) is 16.9. The number of thiophene rings is 4. The molecule has 1 aliphatic heterocycles. The molecular weight excluding hydrogens is 1850 g/mol. The van der Waals surface area contributed by atoms with Crippen LogP contribution >= 0.6 is 128 Å². The number of anilines is 2. The number of pyridine rings is 4. The van der Waals surface area contributed by atoms with Crippen LogP contribution in [0.2, 0.25) is 15.1 Å². The van der Waals surface area contributed by atoms with Crippen LogP contribution < -0.4 is 21.2 Å². The summed E-state index contributed by atoms with van der Waals surface area (Å²) in [5, 5.41) is 56.3. The first-order chi connectivity index (χ1) is 56.2. The predicted octanol–water partition coefficient (Wildman–Crippen LogP) is 26.3. The number of carboxylic acid groups (broad SMARTS) is 2. The number of aromatic hydroxyl groups is 2. The highest BCUT2D eigenvalue weighted by molar-refractivity contribution is 9.11. The molecule has 625 valence electrons. The van der Waals surface area contributed by atoms with E-state index in [0.29, 0.717) is 34.7 Å². The van der Waals surface area contributed by atoms with Gasteiger partial charge in [0.25, 0.3) is 5.91 Å². The molecule has 1 amide bonds. The van der Waals surface area contributed by atoms with Crippen LogP contribution in [0.25, 0.3) is 53.6 Å². The highest BCUT2D eigenvalue weighted by atomic mass is 79.9. The Bertz CT molecular complexity index is 5630. The average molecular weight is 1940 g/mol. The van der Waals surface area contributed by atoms with Crippen molar-refractivity contribution < 1.29 is 53.8 Å². The molecule has 120 heavy (non-hydrogen) atoms. The maximum Gasteiger partial charge on any atom is 0.569 e. The normalized spacial score (nSPS) is 12.6. The first kappa shape index (κ1) is 96.9. The van der Waals surface area contributed by atoms with Crippen molar-refractivity contribution in [3.8, 4) is 70.8 Å². The number of aromatic carboxylic acids is 2. The lowest BCUT2D eigenvalue weighted by Crippen LogP contribution is -2.41. The van der Waals surface area contributed by atoms with Crippen LogP contribution in [0.15, 0.2) is 235 Å². The molecular formula is C91H93B2Br3Cl3N6O11S4. The summed E-state index contributed by atoms with van der Waals surface area (Å²) in [5.41, 5.74) is 19.1. The lowest BCUT2D eigenvalue weighted by atomic mass is 9.77. The van der Waals surface area contributed by atoms with Gasteiger partial charge in [-0.05, 0) is 259 Å². The van der Waals surface area contributed by atoms with E-state index in [1.807, 2.05) is 65.9 Å². The maximum absolute atomic E-state index is 12.6. The molecule has 1 saturated heterocycles. The molecule has 0 aliphatic carbocycles. The van der Waals surface area contributed by atoms with Gasteiger partial charge < -0.3 is 50.5 Å². The molecule has 5 aromatic carbocycles. The van der Waals surface area contributed by atoms with Crippen LogP contribution in [0.1, 0.15) is 165 Å². The Balaban J connectivity index is 0.000000183. The molecule has 8 N–H and O–H groups in total. The van der Waals surface area contributed by atoms with Crippen molar-refractivity contribution >= 4 is 177 Å². The van der Waals surface area contributed by atoms with Crippen LogP contribution in [0.4, 0.5) is 11.4 Å². The third-order valence-electron chi connectivity index (χ3n) is 18.2. The number of aromatic nitrogens is 4. The number of nitrogens with zero attached hydrogens (tertiary/aromatic N) is 4. The summed E-state index contributed by atoms with van der Waals surface area (Å²) < 4.78 is 20.2. The van der Waals surface area contributed by atoms with Gasteiger partial charge in [-0.3, -0.25) is 24.7 Å². The molecule has 14 rings (SSSR count). The van der Waals surface area contributed by atoms with E-state index in [2.05, 4.69) is 248 Å². The van der Waals surface area contributed by atoms with E-state index in [1.165, 1.54) is 50.6 Å². The number of hydrogen-bond donors (Lipinski definition) is 7. The second-order valence-corrected chi connectivity index (χ2v) is 40.5. The molecule has 29 heteroatoms. The number of amides is 1. The second-order valence-electron chi connectivity index (χ2n) is 32.4. The Hall–Kier alpha value is -8.57. The SMILES string of the molecule is Brc1csc(Br)c1.CC(C)(C)c1cc(-c2cc(-c3ccc(C(=O)Nc4cccc(O)c4)cc3Cl)cs2)ccn1.CC(C)(C)c1cc(-c2cc(-c3ccc(C(=O)O)cc3Cl)cs2)ccn1.CC(C)(C)c1cc(-c2cc(Br)cs2)ccn1.CC(C)(C)c1cc(B2OC(C)(C)C(C)(C)O2)ccn1.Nc1cccc(O)c1.O=C(O)c1ccc(O[B]O)c(Cl)c1. The highest BCUT2D eigenvalue weighted by Gasteiger charge is 2.52. The Morgan fingerprint density at radius 1 is 0.467 bits per heavy atom. The van der Waals surface area contributed by atoms with Crippen molar-refractivity contribution in [2.45, 2.75) is 144 Å². The van der Waals surface area contributed by atoms with Crippen molar-refractivity contribution in [1.82, 2.24) is 19.9 Å². The van der Waals surface area contributed by atoms with Crippen LogP contribution in [0, 0.1) is 0 Å². The lowest BCUT2D eigenvalue weighted by molar-refractivity contribution is 0.00578. The Labute approximate surface area is 759 Å². The summed E-state index contributed by atoms with van der Waals surface area (Å²) in [6.45, 7) is 34.2. The smallest absolute Gasteiger partial charge is 0.536 e. The van der Waals surface area contributed by atoms with Crippen molar-refractivity contribution in [2.75, 3.05) is 11.1 Å². The average Bonchev–Trinajstić information content (AvgIpc) is 1.62. The van der Waals surface area contributed by atoms with E-state index < -0.39 is 11.9 Å². The van der Waals surface area contributed by atoms with Crippen molar-refractivity contribution in [2.24, 2.45) is 0 Å². The number of carbonyl (C=O) groups excluding carboxylic acids is 1. The number of nitrogens with one attached hydrogen (secondary N) is 1. The Kier molecular flexibility index (Phi) is 34.3. The van der Waals surface area contributed by atoms with Crippen LogP contribution in [-0.2, 0) is 31.0 Å². The maximum atomic E-state index is 12.6. The van der Waals surface area contributed by atoms with E-state index in [9.17, 15) is 19.5 Å². The topological polar surface area (TPSA) is 270 Å². The summed E-state index contributed by atoms with van der Waals surface area (Å²) in [6.07, 6.45) is 7.41. The number of carboxylic acids is 2. The van der Waals surface area contributed by atoms with Crippen molar-refractivity contribution in [3.63, 3.8) is 0 Å². The standard InChI is InChI=1S/C26H23ClN2O2S.C20H18ClNO2S.C15H24BNO2.C13H14BrNS.C7H5BClO4.C6H7NO.C4H2Br2S/c1-26(2,3)24-13-16(9-10-28-24)23-12-18(15-32-23)21-8-7-17(11-22(21)27)25(31)29-19-5-4-6-20(30)14-19;1-20(2,3)18-10-12(6-7-22-18)17-9-14(11-25-17)15-5-4-13(19(23)24)8-16(15)21;1-13(2,3)12-10-11(8-9-17-12)16-18-14(4,5)15(6,7)19-16;1-13(2,3)12-6-9(4-5-15-12)11-7-10(14)8-16-11;9-5-3-4(7(10)11)1-2-6(5)13-8-12;7-5-2-1-3-6(8)4-5;5-3-1-4(6)7-2-3/h4-15,30H,1-3H3,(H,29,31);4-11H,1-3H3,(H,23,24);8-10H,1-7H3;4-8H,1-3H3;1-3,12H,(H,10,11);1-4,8H,7H2;1-2H. The summed E-state index contributed by atoms with van der Waals surface area (Å²) >= 11 is 35.3. The summed E-state index contributed by atoms with van der Waals surface area (Å²) in [7, 11) is 0.163. The van der Waals surface area contributed by atoms with Gasteiger partial charge in [-0.2, -0.15) is 0 Å². The summed E-state index contributed by atoms with van der Waals surface area (Å²) in [6, 6.07) is 51.8. The minimum absolute atomic E-state index is 0.00787. The van der Waals surface area contributed by atoms with Gasteiger partial charge in [-0.25, -0.2) is 9.59 Å².